The molecule has 8 nitrogen and oxygen atoms in total. The zero-order valence-electron chi connectivity index (χ0n) is 20.5. The number of rotatable bonds is 6. The molecule has 0 bridgehead atoms. The van der Waals surface area contributed by atoms with Gasteiger partial charge >= 0.3 is 0 Å². The molecule has 1 N–H and O–H groups in total. The highest BCUT2D eigenvalue weighted by atomic mass is 35.5. The molecule has 4 aliphatic heterocycles. The number of amides is 3. The topological polar surface area (TPSA) is 90.4 Å². The summed E-state index contributed by atoms with van der Waals surface area (Å²) < 4.78 is 6.62. The van der Waals surface area contributed by atoms with Crippen LogP contribution in [0.25, 0.3) is 0 Å². The molecular formula is C27H32ClN3O5. The number of carbonyl (C=O) groups excluding carboxylic acids is 3. The highest BCUT2D eigenvalue weighted by Gasteiger charge is 2.72. The summed E-state index contributed by atoms with van der Waals surface area (Å²) in [6.45, 7) is 4.93. The Kier molecular flexibility index (Phi) is 6.70. The van der Waals surface area contributed by atoms with Gasteiger partial charge in [0.05, 0.1) is 30.6 Å². The van der Waals surface area contributed by atoms with Crippen LogP contribution in [-0.2, 0) is 19.1 Å². The standard InChI is InChI=1S/C27H32ClN3O5/c1-3-13-29-14-5-7-20-21(24(29)33)22-25(34)31(18(4-2)16-32)23-26(35)30(15-6-12-27(22,23)36-20)19-10-8-17(28)9-11-19/h5-12,18,20-23,32H,3-4,13-16H2,1-2H3/t18-,20-,21+,22-,23?,27-/m0/s1. The van der Waals surface area contributed by atoms with Crippen LogP contribution in [0.1, 0.15) is 26.7 Å². The SMILES string of the molecule is CCCN1CC=C[C@@H]2O[C@]34C=CCN(c5ccc(Cl)cc5)C(=O)C3N([C@@H](CC)CO)C(=O)[C@@H]4[C@@H]2C1=O. The van der Waals surface area contributed by atoms with Crippen LogP contribution in [-0.4, -0.2) is 82.7 Å². The van der Waals surface area contributed by atoms with E-state index in [9.17, 15) is 19.5 Å². The second kappa shape index (κ2) is 9.65. The van der Waals surface area contributed by atoms with Gasteiger partial charge in [-0.2, -0.15) is 0 Å². The third kappa shape index (κ3) is 3.69. The van der Waals surface area contributed by atoms with E-state index >= 15 is 0 Å². The van der Waals surface area contributed by atoms with E-state index in [0.717, 1.165) is 6.42 Å². The molecule has 5 rings (SSSR count). The average Bonchev–Trinajstić information content (AvgIpc) is 3.19. The Hall–Kier alpha value is -2.68. The van der Waals surface area contributed by atoms with Crippen molar-refractivity contribution in [2.24, 2.45) is 11.8 Å². The average molecular weight is 514 g/mol. The zero-order chi connectivity index (χ0) is 25.6. The number of likely N-dealkylation sites (tertiary alicyclic amines) is 1. The summed E-state index contributed by atoms with van der Waals surface area (Å²) in [7, 11) is 0. The minimum absolute atomic E-state index is 0.126. The number of ether oxygens (including phenoxy) is 1. The maximum absolute atomic E-state index is 14.2. The summed E-state index contributed by atoms with van der Waals surface area (Å²) in [6.07, 6.45) is 8.10. The second-order valence-electron chi connectivity index (χ2n) is 9.87. The van der Waals surface area contributed by atoms with Crippen LogP contribution < -0.4 is 4.90 Å². The lowest BCUT2D eigenvalue weighted by Gasteiger charge is -2.38. The molecule has 3 amide bonds. The van der Waals surface area contributed by atoms with Crippen molar-refractivity contribution in [3.63, 3.8) is 0 Å². The van der Waals surface area contributed by atoms with Gasteiger partial charge in [0.2, 0.25) is 11.8 Å². The van der Waals surface area contributed by atoms with Crippen LogP contribution in [0, 0.1) is 11.8 Å². The number of benzene rings is 1. The summed E-state index contributed by atoms with van der Waals surface area (Å²) in [5.41, 5.74) is -0.654. The van der Waals surface area contributed by atoms with Gasteiger partial charge in [-0.15, -0.1) is 0 Å². The number of hydrogen-bond donors (Lipinski definition) is 1. The van der Waals surface area contributed by atoms with Crippen molar-refractivity contribution in [2.75, 3.05) is 31.1 Å². The molecule has 1 spiro atoms. The maximum atomic E-state index is 14.2. The van der Waals surface area contributed by atoms with Crippen LogP contribution in [0.15, 0.2) is 48.6 Å². The molecule has 0 aromatic heterocycles. The number of aliphatic hydroxyl groups excluding tert-OH is 1. The molecule has 6 atom stereocenters. The molecular weight excluding hydrogens is 482 g/mol. The Morgan fingerprint density at radius 2 is 1.83 bits per heavy atom. The number of nitrogens with zero attached hydrogens (tertiary/aromatic N) is 3. The Morgan fingerprint density at radius 1 is 1.08 bits per heavy atom. The first kappa shape index (κ1) is 25.0. The first-order valence-corrected chi connectivity index (χ1v) is 13.1. The Balaban J connectivity index is 1.63. The Bertz CT molecular complexity index is 1100. The smallest absolute Gasteiger partial charge is 0.253 e. The van der Waals surface area contributed by atoms with Crippen LogP contribution in [0.3, 0.4) is 0 Å². The molecule has 2 fully saturated rings. The molecule has 9 heteroatoms. The number of fused-ring (bicyclic) bond motifs is 2. The third-order valence-corrected chi connectivity index (χ3v) is 8.14. The molecule has 1 aromatic carbocycles. The predicted octanol–water partition coefficient (Wildman–Crippen LogP) is 2.40. The van der Waals surface area contributed by atoms with Gasteiger partial charge in [-0.3, -0.25) is 14.4 Å². The molecule has 4 aliphatic rings. The number of halogens is 1. The molecule has 0 radical (unpaired) electrons. The lowest BCUT2D eigenvalue weighted by molar-refractivity contribution is -0.147. The molecule has 192 valence electrons. The van der Waals surface area contributed by atoms with Crippen molar-refractivity contribution in [1.82, 2.24) is 9.80 Å². The van der Waals surface area contributed by atoms with E-state index < -0.39 is 35.6 Å². The molecule has 4 heterocycles. The summed E-state index contributed by atoms with van der Waals surface area (Å²) >= 11 is 6.07. The van der Waals surface area contributed by atoms with Gasteiger partial charge in [-0.25, -0.2) is 0 Å². The first-order valence-electron chi connectivity index (χ1n) is 12.7. The van der Waals surface area contributed by atoms with Gasteiger partial charge in [0.25, 0.3) is 5.91 Å². The Labute approximate surface area is 216 Å². The lowest BCUT2D eigenvalue weighted by atomic mass is 9.77. The van der Waals surface area contributed by atoms with Crippen molar-refractivity contribution in [3.05, 3.63) is 53.6 Å². The van der Waals surface area contributed by atoms with Gasteiger partial charge < -0.3 is 24.5 Å². The van der Waals surface area contributed by atoms with Gasteiger partial charge in [-0.1, -0.05) is 49.8 Å². The van der Waals surface area contributed by atoms with E-state index in [4.69, 9.17) is 16.3 Å². The van der Waals surface area contributed by atoms with Crippen molar-refractivity contribution < 1.29 is 24.2 Å². The second-order valence-corrected chi connectivity index (χ2v) is 10.3. The van der Waals surface area contributed by atoms with E-state index in [1.165, 1.54) is 4.90 Å². The van der Waals surface area contributed by atoms with Gasteiger partial charge in [0, 0.05) is 30.3 Å². The normalized spacial score (nSPS) is 32.3. The van der Waals surface area contributed by atoms with Crippen LogP contribution in [0.2, 0.25) is 5.02 Å². The summed E-state index contributed by atoms with van der Waals surface area (Å²) in [4.78, 5) is 47.0. The van der Waals surface area contributed by atoms with E-state index in [1.807, 2.05) is 38.2 Å². The molecule has 1 unspecified atom stereocenters. The summed E-state index contributed by atoms with van der Waals surface area (Å²) in [6, 6.07) is 5.39. The summed E-state index contributed by atoms with van der Waals surface area (Å²) in [5, 5.41) is 10.7. The van der Waals surface area contributed by atoms with Crippen molar-refractivity contribution in [2.45, 2.75) is 50.5 Å². The lowest BCUT2D eigenvalue weighted by Crippen LogP contribution is -2.58. The van der Waals surface area contributed by atoms with Gasteiger partial charge in [-0.05, 0) is 37.1 Å². The first-order chi connectivity index (χ1) is 17.4. The number of aliphatic hydroxyl groups is 1. The fraction of sp³-hybridized carbons (Fsp3) is 0.519. The van der Waals surface area contributed by atoms with Gasteiger partial charge in [0.1, 0.15) is 11.6 Å². The van der Waals surface area contributed by atoms with E-state index in [2.05, 4.69) is 0 Å². The van der Waals surface area contributed by atoms with Crippen molar-refractivity contribution in [1.29, 1.82) is 0 Å². The van der Waals surface area contributed by atoms with E-state index in [-0.39, 0.29) is 30.9 Å². The molecule has 2 saturated heterocycles. The van der Waals surface area contributed by atoms with Gasteiger partial charge in [0.15, 0.2) is 0 Å². The maximum Gasteiger partial charge on any atom is 0.253 e. The molecule has 36 heavy (non-hydrogen) atoms. The zero-order valence-corrected chi connectivity index (χ0v) is 21.3. The molecule has 0 aliphatic carbocycles. The quantitative estimate of drug-likeness (QED) is 0.590. The number of hydrogen-bond acceptors (Lipinski definition) is 5. The van der Waals surface area contributed by atoms with Crippen LogP contribution in [0.4, 0.5) is 5.69 Å². The largest absolute Gasteiger partial charge is 0.394 e. The van der Waals surface area contributed by atoms with Crippen molar-refractivity contribution in [3.8, 4) is 0 Å². The minimum atomic E-state index is -1.30. The van der Waals surface area contributed by atoms with Crippen molar-refractivity contribution >= 4 is 35.0 Å². The van der Waals surface area contributed by atoms with Crippen LogP contribution in [0.5, 0.6) is 0 Å². The fourth-order valence-electron chi connectivity index (χ4n) is 6.26. The molecule has 0 saturated carbocycles. The molecule has 1 aromatic rings. The highest BCUT2D eigenvalue weighted by molar-refractivity contribution is 6.30. The monoisotopic (exact) mass is 513 g/mol. The van der Waals surface area contributed by atoms with E-state index in [0.29, 0.717) is 30.2 Å². The minimum Gasteiger partial charge on any atom is -0.394 e. The predicted molar refractivity (Wildman–Crippen MR) is 135 cm³/mol. The highest BCUT2D eigenvalue weighted by Crippen LogP contribution is 2.54. The van der Waals surface area contributed by atoms with Crippen LogP contribution >= 0.6 is 11.6 Å². The number of carbonyl (C=O) groups is 3. The summed E-state index contributed by atoms with van der Waals surface area (Å²) in [5.74, 6) is -2.33. The fourth-order valence-corrected chi connectivity index (χ4v) is 6.39. The Morgan fingerprint density at radius 3 is 2.50 bits per heavy atom. The number of anilines is 1. The third-order valence-electron chi connectivity index (χ3n) is 7.89. The van der Waals surface area contributed by atoms with E-state index in [1.54, 1.807) is 34.1 Å².